The SMILES string of the molecule is CN=C(N)N(C(=O)c1ccc(-c2cnn(C(F)F)c2)cc1)[C@H](COC(=O)NC(C)(C)C)c1ccc(Cl)c(-n2ncnc2C(F)F)c1. The predicted octanol–water partition coefficient (Wildman–Crippen LogP) is 5.77. The molecule has 0 fully saturated rings. The predicted molar refractivity (Wildman–Crippen MR) is 161 cm³/mol. The Bertz CT molecular complexity index is 1720. The summed E-state index contributed by atoms with van der Waals surface area (Å²) in [5.74, 6) is -1.60. The van der Waals surface area contributed by atoms with Crippen molar-refractivity contribution in [3.8, 4) is 16.8 Å². The highest BCUT2D eigenvalue weighted by Gasteiger charge is 2.32. The van der Waals surface area contributed by atoms with Crippen LogP contribution in [0, 0.1) is 0 Å². The van der Waals surface area contributed by atoms with Crippen LogP contribution in [0.3, 0.4) is 0 Å². The zero-order valence-electron chi connectivity index (χ0n) is 25.0. The van der Waals surface area contributed by atoms with Gasteiger partial charge in [-0.2, -0.15) is 19.0 Å². The normalized spacial score (nSPS) is 12.8. The standard InChI is InChI=1S/C29H30ClF4N9O3/c1-29(2,3)40-28(45)46-14-22(18-9-10-20(30)21(11-18)43-24(23(31)32)37-15-39-43)42(27(35)36-4)25(44)17-7-5-16(6-8-17)19-12-38-41(13-19)26(33)34/h5-13,15,22-23,26H,14H2,1-4H3,(H2,35,36)(H,40,45)/t22-/m1/s1. The highest BCUT2D eigenvalue weighted by molar-refractivity contribution is 6.32. The lowest BCUT2D eigenvalue weighted by Crippen LogP contribution is -2.47. The molecule has 4 rings (SSSR count). The average molecular weight is 664 g/mol. The van der Waals surface area contributed by atoms with Gasteiger partial charge in [-0.15, -0.1) is 0 Å². The summed E-state index contributed by atoms with van der Waals surface area (Å²) in [4.78, 5) is 35.4. The fourth-order valence-corrected chi connectivity index (χ4v) is 4.55. The van der Waals surface area contributed by atoms with Gasteiger partial charge in [0.1, 0.15) is 12.9 Å². The van der Waals surface area contributed by atoms with E-state index < -0.39 is 49.0 Å². The van der Waals surface area contributed by atoms with Crippen molar-refractivity contribution in [1.29, 1.82) is 0 Å². The van der Waals surface area contributed by atoms with Gasteiger partial charge in [0.05, 0.1) is 22.9 Å². The molecule has 4 aromatic rings. The number of rotatable bonds is 9. The molecule has 244 valence electrons. The number of ether oxygens (including phenoxy) is 1. The number of nitrogens with zero attached hydrogens (tertiary/aromatic N) is 7. The van der Waals surface area contributed by atoms with Crippen LogP contribution in [-0.2, 0) is 4.74 Å². The summed E-state index contributed by atoms with van der Waals surface area (Å²) in [6.45, 7) is 1.97. The lowest BCUT2D eigenvalue weighted by Gasteiger charge is -2.32. The number of carbonyl (C=O) groups excluding carboxylic acids is 2. The first kappa shape index (κ1) is 33.9. The van der Waals surface area contributed by atoms with Crippen LogP contribution in [0.15, 0.2) is 66.2 Å². The number of aromatic nitrogens is 5. The number of hydrogen-bond acceptors (Lipinski definition) is 7. The molecular formula is C29H30ClF4N9O3. The Kier molecular flexibility index (Phi) is 10.3. The van der Waals surface area contributed by atoms with Crippen LogP contribution >= 0.6 is 11.6 Å². The van der Waals surface area contributed by atoms with Gasteiger partial charge < -0.3 is 15.8 Å². The van der Waals surface area contributed by atoms with Crippen molar-refractivity contribution < 1.29 is 31.9 Å². The Morgan fingerprint density at radius 1 is 1.09 bits per heavy atom. The molecule has 0 aliphatic heterocycles. The summed E-state index contributed by atoms with van der Waals surface area (Å²) in [5, 5.41) is 10.2. The van der Waals surface area contributed by atoms with E-state index in [1.165, 1.54) is 55.7 Å². The summed E-state index contributed by atoms with van der Waals surface area (Å²) in [6.07, 6.45) is -0.397. The van der Waals surface area contributed by atoms with E-state index in [4.69, 9.17) is 22.1 Å². The Labute approximate surface area is 265 Å². The molecule has 46 heavy (non-hydrogen) atoms. The van der Waals surface area contributed by atoms with Crippen LogP contribution in [0.2, 0.25) is 5.02 Å². The van der Waals surface area contributed by atoms with E-state index in [9.17, 15) is 27.2 Å². The molecule has 17 heteroatoms. The van der Waals surface area contributed by atoms with Crippen LogP contribution in [0.4, 0.5) is 22.4 Å². The molecule has 0 saturated carbocycles. The van der Waals surface area contributed by atoms with Gasteiger partial charge in [-0.05, 0) is 56.2 Å². The van der Waals surface area contributed by atoms with Crippen molar-refractivity contribution in [1.82, 2.24) is 34.8 Å². The van der Waals surface area contributed by atoms with Crippen molar-refractivity contribution in [3.05, 3.63) is 83.2 Å². The van der Waals surface area contributed by atoms with Crippen LogP contribution in [0.25, 0.3) is 16.8 Å². The molecule has 0 radical (unpaired) electrons. The highest BCUT2D eigenvalue weighted by atomic mass is 35.5. The number of aliphatic imine (C=N–C) groups is 1. The number of guanidine groups is 1. The molecule has 3 N–H and O–H groups in total. The fraction of sp³-hybridized carbons (Fsp3) is 0.310. The molecule has 0 saturated heterocycles. The molecule has 0 unspecified atom stereocenters. The summed E-state index contributed by atoms with van der Waals surface area (Å²) >= 11 is 6.38. The second kappa shape index (κ2) is 14.0. The number of nitrogens with two attached hydrogens (primary N) is 1. The number of carbonyl (C=O) groups is 2. The molecule has 0 bridgehead atoms. The van der Waals surface area contributed by atoms with Crippen molar-refractivity contribution in [2.24, 2.45) is 10.7 Å². The van der Waals surface area contributed by atoms with E-state index in [0.717, 1.165) is 22.1 Å². The third kappa shape index (κ3) is 7.80. The Balaban J connectivity index is 1.76. The smallest absolute Gasteiger partial charge is 0.407 e. The van der Waals surface area contributed by atoms with E-state index in [2.05, 4.69) is 25.5 Å². The number of alkyl carbamates (subject to hydrolysis) is 1. The Hall–Kier alpha value is -4.99. The zero-order valence-corrected chi connectivity index (χ0v) is 25.8. The maximum Gasteiger partial charge on any atom is 0.407 e. The number of nitrogens with one attached hydrogen (secondary N) is 1. The Morgan fingerprint density at radius 2 is 1.78 bits per heavy atom. The van der Waals surface area contributed by atoms with Gasteiger partial charge >= 0.3 is 12.6 Å². The molecule has 2 aromatic carbocycles. The lowest BCUT2D eigenvalue weighted by atomic mass is 10.0. The molecule has 2 heterocycles. The lowest BCUT2D eigenvalue weighted by molar-refractivity contribution is 0.0566. The van der Waals surface area contributed by atoms with E-state index in [1.54, 1.807) is 20.8 Å². The highest BCUT2D eigenvalue weighted by Crippen LogP contribution is 2.31. The summed E-state index contributed by atoms with van der Waals surface area (Å²) in [5.41, 5.74) is 6.91. The summed E-state index contributed by atoms with van der Waals surface area (Å²) in [6, 6.07) is 9.14. The molecule has 2 amide bonds. The van der Waals surface area contributed by atoms with E-state index in [0.29, 0.717) is 15.8 Å². The van der Waals surface area contributed by atoms with Gasteiger partial charge in [0.25, 0.3) is 12.3 Å². The summed E-state index contributed by atoms with van der Waals surface area (Å²) in [7, 11) is 1.35. The van der Waals surface area contributed by atoms with Crippen LogP contribution in [0.5, 0.6) is 0 Å². The first-order chi connectivity index (χ1) is 21.7. The molecule has 0 aliphatic rings. The number of benzene rings is 2. The number of halogens is 5. The topological polar surface area (TPSA) is 146 Å². The maximum absolute atomic E-state index is 14.0. The van der Waals surface area contributed by atoms with Crippen LogP contribution in [0.1, 0.15) is 61.5 Å². The molecule has 2 aromatic heterocycles. The second-order valence-corrected chi connectivity index (χ2v) is 11.3. The number of hydrogen-bond donors (Lipinski definition) is 2. The van der Waals surface area contributed by atoms with Crippen molar-refractivity contribution in [3.63, 3.8) is 0 Å². The third-order valence-corrected chi connectivity index (χ3v) is 6.79. The fourth-order valence-electron chi connectivity index (χ4n) is 4.35. The maximum atomic E-state index is 14.0. The van der Waals surface area contributed by atoms with E-state index in [1.807, 2.05) is 0 Å². The first-order valence-corrected chi connectivity index (χ1v) is 14.0. The zero-order chi connectivity index (χ0) is 33.8. The van der Waals surface area contributed by atoms with Crippen LogP contribution in [-0.4, -0.2) is 66.6 Å². The molecule has 12 nitrogen and oxygen atoms in total. The number of amides is 2. The first-order valence-electron chi connectivity index (χ1n) is 13.6. The largest absolute Gasteiger partial charge is 0.447 e. The second-order valence-electron chi connectivity index (χ2n) is 10.9. The van der Waals surface area contributed by atoms with Gasteiger partial charge in [-0.1, -0.05) is 29.8 Å². The molecule has 0 spiro atoms. The minimum Gasteiger partial charge on any atom is -0.447 e. The number of alkyl halides is 4. The monoisotopic (exact) mass is 663 g/mol. The van der Waals surface area contributed by atoms with Gasteiger partial charge in [-0.3, -0.25) is 14.7 Å². The van der Waals surface area contributed by atoms with Gasteiger partial charge in [0, 0.05) is 29.9 Å². The molecular weight excluding hydrogens is 634 g/mol. The molecule has 0 aliphatic carbocycles. The van der Waals surface area contributed by atoms with Crippen molar-refractivity contribution >= 4 is 29.6 Å². The Morgan fingerprint density at radius 3 is 2.37 bits per heavy atom. The summed E-state index contributed by atoms with van der Waals surface area (Å²) < 4.78 is 60.2. The van der Waals surface area contributed by atoms with E-state index >= 15 is 0 Å². The van der Waals surface area contributed by atoms with Crippen molar-refractivity contribution in [2.45, 2.75) is 45.3 Å². The van der Waals surface area contributed by atoms with Gasteiger partial charge in [-0.25, -0.2) is 27.9 Å². The quantitative estimate of drug-likeness (QED) is 0.131. The minimum atomic E-state index is -2.98. The van der Waals surface area contributed by atoms with Gasteiger partial charge in [0.15, 0.2) is 11.8 Å². The van der Waals surface area contributed by atoms with Gasteiger partial charge in [0.2, 0.25) is 0 Å². The van der Waals surface area contributed by atoms with E-state index in [-0.39, 0.29) is 27.8 Å². The van der Waals surface area contributed by atoms with Crippen molar-refractivity contribution in [2.75, 3.05) is 13.7 Å². The minimum absolute atomic E-state index is 0.0178. The van der Waals surface area contributed by atoms with Crippen LogP contribution < -0.4 is 11.1 Å². The third-order valence-electron chi connectivity index (χ3n) is 6.47. The average Bonchev–Trinajstić information content (AvgIpc) is 3.69. The molecule has 1 atom stereocenters.